The predicted molar refractivity (Wildman–Crippen MR) is 112 cm³/mol. The topological polar surface area (TPSA) is 86.2 Å². The molecule has 1 amide bonds. The van der Waals surface area contributed by atoms with Crippen LogP contribution in [0.4, 0.5) is 0 Å². The summed E-state index contributed by atoms with van der Waals surface area (Å²) in [7, 11) is 1.61. The maximum absolute atomic E-state index is 12.1. The third-order valence-corrected chi connectivity index (χ3v) is 4.89. The van der Waals surface area contributed by atoms with Crippen molar-refractivity contribution in [2.24, 2.45) is 10.9 Å². The zero-order chi connectivity index (χ0) is 20.5. The molecule has 28 heavy (non-hydrogen) atoms. The Kier molecular flexibility index (Phi) is 8.57. The number of carbonyl (C=O) groups excluding carboxylic acids is 1. The average Bonchev–Trinajstić information content (AvgIpc) is 2.71. The molecule has 1 aliphatic rings. The van der Waals surface area contributed by atoms with Gasteiger partial charge >= 0.3 is 0 Å². The summed E-state index contributed by atoms with van der Waals surface area (Å²) in [6, 6.07) is 7.66. The van der Waals surface area contributed by atoms with Crippen LogP contribution >= 0.6 is 0 Å². The first-order valence-electron chi connectivity index (χ1n) is 10.1. The van der Waals surface area contributed by atoms with E-state index in [1.54, 1.807) is 7.11 Å². The molecule has 1 fully saturated rings. The van der Waals surface area contributed by atoms with Crippen LogP contribution in [0, 0.1) is 5.92 Å². The van der Waals surface area contributed by atoms with Crippen LogP contribution in [0.25, 0.3) is 0 Å². The second kappa shape index (κ2) is 10.9. The quantitative estimate of drug-likeness (QED) is 0.489. The van der Waals surface area contributed by atoms with E-state index in [0.29, 0.717) is 11.7 Å². The van der Waals surface area contributed by atoms with Gasteiger partial charge in [0.1, 0.15) is 5.75 Å². The average molecular weight is 391 g/mol. The molecule has 0 radical (unpaired) electrons. The fourth-order valence-electron chi connectivity index (χ4n) is 3.25. The molecule has 1 heterocycles. The Morgan fingerprint density at radius 2 is 2.07 bits per heavy atom. The van der Waals surface area contributed by atoms with Crippen molar-refractivity contribution in [3.05, 3.63) is 29.8 Å². The van der Waals surface area contributed by atoms with Crippen molar-refractivity contribution in [3.63, 3.8) is 0 Å². The Morgan fingerprint density at radius 3 is 2.68 bits per heavy atom. The number of benzene rings is 1. The highest BCUT2D eigenvalue weighted by Crippen LogP contribution is 2.19. The molecule has 1 aromatic carbocycles. The molecule has 0 saturated carbocycles. The van der Waals surface area contributed by atoms with Crippen molar-refractivity contribution in [3.8, 4) is 5.75 Å². The monoisotopic (exact) mass is 390 g/mol. The Bertz CT molecular complexity index is 655. The lowest BCUT2D eigenvalue weighted by molar-refractivity contribution is -0.135. The van der Waals surface area contributed by atoms with E-state index in [9.17, 15) is 9.90 Å². The van der Waals surface area contributed by atoms with E-state index in [-0.39, 0.29) is 24.4 Å². The van der Waals surface area contributed by atoms with E-state index in [1.165, 1.54) is 0 Å². The van der Waals surface area contributed by atoms with Gasteiger partial charge in [0.15, 0.2) is 5.96 Å². The van der Waals surface area contributed by atoms with Crippen LogP contribution < -0.4 is 15.4 Å². The first kappa shape index (κ1) is 22.0. The minimum absolute atomic E-state index is 0.0430. The van der Waals surface area contributed by atoms with E-state index in [1.807, 2.05) is 49.9 Å². The van der Waals surface area contributed by atoms with Gasteiger partial charge in [0.05, 0.1) is 19.8 Å². The van der Waals surface area contributed by atoms with Crippen LogP contribution in [0.2, 0.25) is 0 Å². The molecule has 1 unspecified atom stereocenters. The van der Waals surface area contributed by atoms with Gasteiger partial charge in [-0.3, -0.25) is 9.79 Å². The molecular weight excluding hydrogens is 356 g/mol. The molecule has 0 aliphatic carbocycles. The van der Waals surface area contributed by atoms with Crippen LogP contribution in [0.15, 0.2) is 29.3 Å². The molecule has 156 valence electrons. The van der Waals surface area contributed by atoms with Crippen LogP contribution in [-0.4, -0.2) is 61.2 Å². The first-order chi connectivity index (χ1) is 13.4. The molecule has 0 aromatic heterocycles. The minimum Gasteiger partial charge on any atom is -0.497 e. The number of hydrogen-bond donors (Lipinski definition) is 3. The number of aliphatic imine (C=N–C) groups is 1. The van der Waals surface area contributed by atoms with E-state index in [4.69, 9.17) is 4.74 Å². The highest BCUT2D eigenvalue weighted by molar-refractivity contribution is 5.80. The third-order valence-electron chi connectivity index (χ3n) is 4.89. The van der Waals surface area contributed by atoms with Gasteiger partial charge in [0.25, 0.3) is 0 Å². The predicted octanol–water partition coefficient (Wildman–Crippen LogP) is 1.93. The number of carbonyl (C=O) groups is 1. The number of hydrogen-bond acceptors (Lipinski definition) is 4. The molecule has 1 atom stereocenters. The standard InChI is InChI=1S/C21H34N4O3/c1-5-22-21(23-14-19(26)16-7-6-8-18(13-16)28-4)24-17-9-11-25(12-10-17)20(27)15(2)3/h6-8,13,15,17,19,26H,5,9-12,14H2,1-4H3,(H2,22,23,24). The number of nitrogens with one attached hydrogen (secondary N) is 2. The van der Waals surface area contributed by atoms with Gasteiger partial charge in [-0.1, -0.05) is 26.0 Å². The largest absolute Gasteiger partial charge is 0.497 e. The first-order valence-corrected chi connectivity index (χ1v) is 10.1. The molecule has 0 bridgehead atoms. The number of ether oxygens (including phenoxy) is 1. The Labute approximate surface area is 168 Å². The molecule has 2 rings (SSSR count). The molecular formula is C21H34N4O3. The van der Waals surface area contributed by atoms with E-state index in [2.05, 4.69) is 15.6 Å². The summed E-state index contributed by atoms with van der Waals surface area (Å²) in [5.74, 6) is 1.67. The van der Waals surface area contributed by atoms with Gasteiger partial charge < -0.3 is 25.4 Å². The van der Waals surface area contributed by atoms with Gasteiger partial charge in [0, 0.05) is 31.6 Å². The zero-order valence-corrected chi connectivity index (χ0v) is 17.4. The van der Waals surface area contributed by atoms with Gasteiger partial charge in [0.2, 0.25) is 5.91 Å². The van der Waals surface area contributed by atoms with E-state index >= 15 is 0 Å². The lowest BCUT2D eigenvalue weighted by Gasteiger charge is -2.34. The summed E-state index contributed by atoms with van der Waals surface area (Å²) in [6.45, 7) is 8.42. The number of aliphatic hydroxyl groups excluding tert-OH is 1. The summed E-state index contributed by atoms with van der Waals surface area (Å²) in [6.07, 6.45) is 1.08. The lowest BCUT2D eigenvalue weighted by Crippen LogP contribution is -2.50. The van der Waals surface area contributed by atoms with Gasteiger partial charge in [-0.25, -0.2) is 0 Å². The molecule has 0 spiro atoms. The third kappa shape index (κ3) is 6.41. The van der Waals surface area contributed by atoms with Crippen molar-refractivity contribution in [2.45, 2.75) is 45.8 Å². The fourth-order valence-corrected chi connectivity index (χ4v) is 3.25. The smallest absolute Gasteiger partial charge is 0.225 e. The van der Waals surface area contributed by atoms with Crippen molar-refractivity contribution in [1.29, 1.82) is 0 Å². The highest BCUT2D eigenvalue weighted by Gasteiger charge is 2.24. The fraction of sp³-hybridized carbons (Fsp3) is 0.619. The van der Waals surface area contributed by atoms with E-state index in [0.717, 1.165) is 38.0 Å². The molecule has 1 saturated heterocycles. The van der Waals surface area contributed by atoms with Crippen LogP contribution in [0.3, 0.4) is 0 Å². The number of rotatable bonds is 7. The highest BCUT2D eigenvalue weighted by atomic mass is 16.5. The molecule has 1 aromatic rings. The second-order valence-electron chi connectivity index (χ2n) is 7.41. The number of methoxy groups -OCH3 is 1. The van der Waals surface area contributed by atoms with Crippen LogP contribution in [0.5, 0.6) is 5.75 Å². The number of guanidine groups is 1. The van der Waals surface area contributed by atoms with Crippen molar-refractivity contribution in [2.75, 3.05) is 33.3 Å². The zero-order valence-electron chi connectivity index (χ0n) is 17.4. The molecule has 7 nitrogen and oxygen atoms in total. The van der Waals surface area contributed by atoms with Crippen LogP contribution in [0.1, 0.15) is 45.3 Å². The molecule has 3 N–H and O–H groups in total. The number of piperidine rings is 1. The number of likely N-dealkylation sites (tertiary alicyclic amines) is 1. The maximum Gasteiger partial charge on any atom is 0.225 e. The number of nitrogens with zero attached hydrogens (tertiary/aromatic N) is 2. The van der Waals surface area contributed by atoms with Gasteiger partial charge in [-0.15, -0.1) is 0 Å². The lowest BCUT2D eigenvalue weighted by atomic mass is 10.0. The summed E-state index contributed by atoms with van der Waals surface area (Å²) in [5.41, 5.74) is 0.777. The maximum atomic E-state index is 12.1. The molecule has 1 aliphatic heterocycles. The summed E-state index contributed by atoms with van der Waals surface area (Å²) >= 11 is 0. The summed E-state index contributed by atoms with van der Waals surface area (Å²) in [5, 5.41) is 17.1. The SMILES string of the molecule is CCNC(=NCC(O)c1cccc(OC)c1)NC1CCN(C(=O)C(C)C)CC1. The Hall–Kier alpha value is -2.28. The number of amides is 1. The Balaban J connectivity index is 1.91. The van der Waals surface area contributed by atoms with Crippen LogP contribution in [-0.2, 0) is 4.79 Å². The number of aliphatic hydroxyl groups is 1. The van der Waals surface area contributed by atoms with Crippen molar-refractivity contribution >= 4 is 11.9 Å². The van der Waals surface area contributed by atoms with Gasteiger partial charge in [-0.05, 0) is 37.5 Å². The summed E-state index contributed by atoms with van der Waals surface area (Å²) < 4.78 is 5.21. The molecule has 7 heteroatoms. The Morgan fingerprint density at radius 1 is 1.36 bits per heavy atom. The second-order valence-corrected chi connectivity index (χ2v) is 7.41. The van der Waals surface area contributed by atoms with E-state index < -0.39 is 6.10 Å². The minimum atomic E-state index is -0.698. The van der Waals surface area contributed by atoms with Crippen molar-refractivity contribution in [1.82, 2.24) is 15.5 Å². The summed E-state index contributed by atoms with van der Waals surface area (Å²) in [4.78, 5) is 18.6. The van der Waals surface area contributed by atoms with Gasteiger partial charge in [-0.2, -0.15) is 0 Å². The normalized spacial score (nSPS) is 16.8. The van der Waals surface area contributed by atoms with Crippen molar-refractivity contribution < 1.29 is 14.6 Å².